The van der Waals surface area contributed by atoms with Crippen molar-refractivity contribution in [2.75, 3.05) is 20.8 Å². The predicted molar refractivity (Wildman–Crippen MR) is 92.7 cm³/mol. The van der Waals surface area contributed by atoms with Gasteiger partial charge in [-0.1, -0.05) is 12.1 Å². The summed E-state index contributed by atoms with van der Waals surface area (Å²) in [5.41, 5.74) is 3.13. The molecular formula is C19H23N3O3. The minimum absolute atomic E-state index is 0.0936. The number of hydrogen-bond acceptors (Lipinski definition) is 4. The van der Waals surface area contributed by atoms with Crippen molar-refractivity contribution in [2.24, 2.45) is 5.92 Å². The van der Waals surface area contributed by atoms with Crippen molar-refractivity contribution in [1.82, 2.24) is 15.1 Å². The number of ether oxygens (including phenoxy) is 2. The number of amides is 1. The lowest BCUT2D eigenvalue weighted by molar-refractivity contribution is -0.136. The highest BCUT2D eigenvalue weighted by Gasteiger charge is 2.30. The van der Waals surface area contributed by atoms with E-state index < -0.39 is 0 Å². The van der Waals surface area contributed by atoms with Crippen molar-refractivity contribution >= 4 is 5.91 Å². The second-order valence-electron chi connectivity index (χ2n) is 6.95. The van der Waals surface area contributed by atoms with Crippen LogP contribution in [0.2, 0.25) is 0 Å². The maximum absolute atomic E-state index is 12.8. The van der Waals surface area contributed by atoms with E-state index in [0.29, 0.717) is 25.5 Å². The van der Waals surface area contributed by atoms with Crippen molar-refractivity contribution < 1.29 is 14.3 Å². The number of carbonyl (C=O) groups excluding carboxylic acids is 1. The van der Waals surface area contributed by atoms with Crippen LogP contribution in [0.25, 0.3) is 0 Å². The van der Waals surface area contributed by atoms with Crippen LogP contribution in [-0.2, 0) is 17.8 Å². The van der Waals surface area contributed by atoms with Gasteiger partial charge in [0.15, 0.2) is 11.5 Å². The molecule has 1 fully saturated rings. The number of fused-ring (bicyclic) bond motifs is 1. The average molecular weight is 341 g/mol. The Balaban J connectivity index is 1.41. The van der Waals surface area contributed by atoms with Crippen LogP contribution < -0.4 is 9.47 Å². The largest absolute Gasteiger partial charge is 0.493 e. The highest BCUT2D eigenvalue weighted by Crippen LogP contribution is 2.39. The first kappa shape index (κ1) is 16.0. The first-order chi connectivity index (χ1) is 12.2. The Morgan fingerprint density at radius 1 is 1.44 bits per heavy atom. The fourth-order valence-corrected chi connectivity index (χ4v) is 3.41. The summed E-state index contributed by atoms with van der Waals surface area (Å²) in [7, 11) is 3.46. The molecule has 1 aromatic carbocycles. The van der Waals surface area contributed by atoms with Crippen LogP contribution in [0.15, 0.2) is 24.3 Å². The maximum atomic E-state index is 12.8. The van der Waals surface area contributed by atoms with E-state index in [1.165, 1.54) is 12.8 Å². The number of benzene rings is 1. The number of aromatic nitrogens is 2. The summed E-state index contributed by atoms with van der Waals surface area (Å²) in [6.07, 6.45) is 3.12. The third-order valence-corrected chi connectivity index (χ3v) is 4.95. The lowest BCUT2D eigenvalue weighted by Gasteiger charge is -2.28. The van der Waals surface area contributed by atoms with Gasteiger partial charge in [-0.3, -0.25) is 9.89 Å². The Labute approximate surface area is 147 Å². The molecule has 0 saturated heterocycles. The van der Waals surface area contributed by atoms with Crippen molar-refractivity contribution in [3.63, 3.8) is 0 Å². The van der Waals surface area contributed by atoms with E-state index >= 15 is 0 Å². The zero-order valence-electron chi connectivity index (χ0n) is 14.6. The van der Waals surface area contributed by atoms with E-state index in [0.717, 1.165) is 28.5 Å². The van der Waals surface area contributed by atoms with Gasteiger partial charge in [-0.25, -0.2) is 0 Å². The van der Waals surface area contributed by atoms with Gasteiger partial charge in [0.2, 0.25) is 5.91 Å². The van der Waals surface area contributed by atoms with Crippen LogP contribution in [-0.4, -0.2) is 41.8 Å². The predicted octanol–water partition coefficient (Wildman–Crippen LogP) is 2.51. The maximum Gasteiger partial charge on any atom is 0.229 e. The first-order valence-electron chi connectivity index (χ1n) is 8.73. The van der Waals surface area contributed by atoms with E-state index in [4.69, 9.17) is 9.47 Å². The number of rotatable bonds is 5. The number of carbonyl (C=O) groups is 1. The van der Waals surface area contributed by atoms with Gasteiger partial charge in [-0.2, -0.15) is 5.10 Å². The quantitative estimate of drug-likeness (QED) is 0.907. The third-order valence-electron chi connectivity index (χ3n) is 4.95. The number of methoxy groups -OCH3 is 1. The normalized spacial score (nSPS) is 19.0. The molecular weight excluding hydrogens is 318 g/mol. The van der Waals surface area contributed by atoms with Crippen LogP contribution in [0.4, 0.5) is 0 Å². The zero-order chi connectivity index (χ0) is 17.4. The molecule has 0 radical (unpaired) electrons. The molecule has 132 valence electrons. The first-order valence-corrected chi connectivity index (χ1v) is 8.73. The number of para-hydroxylation sites is 1. The van der Waals surface area contributed by atoms with Gasteiger partial charge >= 0.3 is 0 Å². The molecule has 2 heterocycles. The summed E-state index contributed by atoms with van der Waals surface area (Å²) in [4.78, 5) is 14.6. The third kappa shape index (κ3) is 3.21. The molecule has 4 rings (SSSR count). The molecule has 1 atom stereocenters. The standard InChI is InChI=1S/C19H23N3O3/c1-22(10-15-9-16(21-20-15)12-6-7-12)19(23)14-8-13-4-3-5-17(24-2)18(13)25-11-14/h3-5,9,12,14H,6-8,10-11H2,1-2H3,(H,20,21). The fraction of sp³-hybridized carbons (Fsp3) is 0.474. The molecule has 1 aliphatic heterocycles. The number of H-pyrrole nitrogens is 1. The van der Waals surface area contributed by atoms with Gasteiger partial charge < -0.3 is 14.4 Å². The molecule has 2 aromatic rings. The highest BCUT2D eigenvalue weighted by atomic mass is 16.5. The molecule has 1 amide bonds. The van der Waals surface area contributed by atoms with Crippen molar-refractivity contribution in [3.8, 4) is 11.5 Å². The topological polar surface area (TPSA) is 67.5 Å². The summed E-state index contributed by atoms with van der Waals surface area (Å²) in [5.74, 6) is 2.02. The molecule has 6 heteroatoms. The van der Waals surface area contributed by atoms with E-state index in [1.54, 1.807) is 12.0 Å². The van der Waals surface area contributed by atoms with E-state index in [1.807, 2.05) is 25.2 Å². The van der Waals surface area contributed by atoms with Crippen LogP contribution >= 0.6 is 0 Å². The van der Waals surface area contributed by atoms with Gasteiger partial charge in [0.1, 0.15) is 6.61 Å². The second-order valence-corrected chi connectivity index (χ2v) is 6.95. The summed E-state index contributed by atoms with van der Waals surface area (Å²) >= 11 is 0. The molecule has 1 N–H and O–H groups in total. The summed E-state index contributed by atoms with van der Waals surface area (Å²) in [6.45, 7) is 0.923. The number of aromatic amines is 1. The van der Waals surface area contributed by atoms with Gasteiger partial charge in [0.05, 0.1) is 31.0 Å². The molecule has 0 spiro atoms. The monoisotopic (exact) mass is 341 g/mol. The number of hydrogen-bond donors (Lipinski definition) is 1. The number of nitrogens with zero attached hydrogens (tertiary/aromatic N) is 2. The summed E-state index contributed by atoms with van der Waals surface area (Å²) < 4.78 is 11.2. The van der Waals surface area contributed by atoms with Crippen molar-refractivity contribution in [1.29, 1.82) is 0 Å². The Hall–Kier alpha value is -2.50. The molecule has 1 aromatic heterocycles. The molecule has 1 unspecified atom stereocenters. The zero-order valence-corrected chi connectivity index (χ0v) is 14.6. The Morgan fingerprint density at radius 2 is 2.28 bits per heavy atom. The molecule has 1 aliphatic carbocycles. The minimum Gasteiger partial charge on any atom is -0.493 e. The van der Waals surface area contributed by atoms with Crippen LogP contribution in [0.5, 0.6) is 11.5 Å². The van der Waals surface area contributed by atoms with Gasteiger partial charge in [0.25, 0.3) is 0 Å². The smallest absolute Gasteiger partial charge is 0.229 e. The van der Waals surface area contributed by atoms with Crippen LogP contribution in [0, 0.1) is 5.92 Å². The second kappa shape index (κ2) is 6.43. The van der Waals surface area contributed by atoms with E-state index in [2.05, 4.69) is 16.3 Å². The molecule has 2 aliphatic rings. The highest BCUT2D eigenvalue weighted by molar-refractivity contribution is 5.79. The van der Waals surface area contributed by atoms with Crippen molar-refractivity contribution in [2.45, 2.75) is 31.7 Å². The Kier molecular flexibility index (Phi) is 4.11. The average Bonchev–Trinajstić information content (AvgIpc) is 3.39. The molecule has 1 saturated carbocycles. The van der Waals surface area contributed by atoms with E-state index in [9.17, 15) is 4.79 Å². The van der Waals surface area contributed by atoms with Gasteiger partial charge in [-0.15, -0.1) is 0 Å². The van der Waals surface area contributed by atoms with Crippen LogP contribution in [0.3, 0.4) is 0 Å². The Morgan fingerprint density at radius 3 is 3.04 bits per heavy atom. The lowest BCUT2D eigenvalue weighted by Crippen LogP contribution is -2.38. The van der Waals surface area contributed by atoms with Crippen LogP contribution in [0.1, 0.15) is 35.7 Å². The molecule has 6 nitrogen and oxygen atoms in total. The summed E-state index contributed by atoms with van der Waals surface area (Å²) in [6, 6.07) is 7.89. The lowest BCUT2D eigenvalue weighted by atomic mass is 9.95. The SMILES string of the molecule is COc1cccc2c1OCC(C(=O)N(C)Cc1cc(C3CC3)n[nH]1)C2. The Bertz CT molecular complexity index is 782. The van der Waals surface area contributed by atoms with Gasteiger partial charge in [-0.05, 0) is 37.0 Å². The number of nitrogens with one attached hydrogen (secondary N) is 1. The molecule has 25 heavy (non-hydrogen) atoms. The van der Waals surface area contributed by atoms with Gasteiger partial charge in [0, 0.05) is 13.0 Å². The van der Waals surface area contributed by atoms with E-state index in [-0.39, 0.29) is 11.8 Å². The minimum atomic E-state index is -0.171. The fourth-order valence-electron chi connectivity index (χ4n) is 3.41. The van der Waals surface area contributed by atoms with Crippen molar-refractivity contribution in [3.05, 3.63) is 41.2 Å². The summed E-state index contributed by atoms with van der Waals surface area (Å²) in [5, 5.41) is 7.41. The molecule has 0 bridgehead atoms.